The molecule has 0 aliphatic carbocycles. The molecule has 4 aromatic rings. The average Bonchev–Trinajstić information content (AvgIpc) is 3.29. The van der Waals surface area contributed by atoms with Crippen LogP contribution in [0.3, 0.4) is 0 Å². The number of methoxy groups -OCH3 is 1. The third-order valence-corrected chi connectivity index (χ3v) is 6.73. The van der Waals surface area contributed by atoms with Crippen LogP contribution in [0, 0.1) is 0 Å². The lowest BCUT2D eigenvalue weighted by Crippen LogP contribution is -2.39. The maximum atomic E-state index is 13.8. The van der Waals surface area contributed by atoms with E-state index in [2.05, 4.69) is 15.0 Å². The average molecular weight is 491 g/mol. The normalized spacial score (nSPS) is 16.1. The topological polar surface area (TPSA) is 99.2 Å². The van der Waals surface area contributed by atoms with Crippen molar-refractivity contribution in [1.29, 1.82) is 0 Å². The number of piperidine rings is 1. The molecule has 1 aliphatic rings. The van der Waals surface area contributed by atoms with Crippen LogP contribution in [0.15, 0.2) is 55.0 Å². The molecule has 1 fully saturated rings. The van der Waals surface area contributed by atoms with Crippen molar-refractivity contribution in [3.8, 4) is 11.1 Å². The van der Waals surface area contributed by atoms with Crippen molar-refractivity contribution >= 4 is 34.5 Å². The van der Waals surface area contributed by atoms with Crippen molar-refractivity contribution in [3.63, 3.8) is 0 Å². The highest BCUT2D eigenvalue weighted by molar-refractivity contribution is 6.30. The van der Waals surface area contributed by atoms with Gasteiger partial charge >= 0.3 is 0 Å². The molecule has 1 amide bonds. The molecule has 0 bridgehead atoms. The Bertz CT molecular complexity index is 1350. The van der Waals surface area contributed by atoms with E-state index < -0.39 is 0 Å². The van der Waals surface area contributed by atoms with Gasteiger partial charge in [0.2, 0.25) is 5.95 Å². The number of fused-ring (bicyclic) bond motifs is 1. The molecule has 180 valence electrons. The Kier molecular flexibility index (Phi) is 6.66. The molecule has 1 saturated heterocycles. The molecule has 2 aromatic carbocycles. The van der Waals surface area contributed by atoms with Crippen molar-refractivity contribution in [2.45, 2.75) is 31.8 Å². The Hall–Kier alpha value is -3.49. The van der Waals surface area contributed by atoms with Gasteiger partial charge in [-0.3, -0.25) is 4.79 Å². The third kappa shape index (κ3) is 4.72. The number of hydrogen-bond acceptors (Lipinski definition) is 6. The summed E-state index contributed by atoms with van der Waals surface area (Å²) in [7, 11) is 1.68. The summed E-state index contributed by atoms with van der Waals surface area (Å²) in [4.78, 5) is 29.0. The van der Waals surface area contributed by atoms with Gasteiger partial charge in [0.1, 0.15) is 0 Å². The second-order valence-corrected chi connectivity index (χ2v) is 9.11. The largest absolute Gasteiger partial charge is 0.383 e. The van der Waals surface area contributed by atoms with Crippen molar-refractivity contribution in [2.75, 3.05) is 26.0 Å². The van der Waals surface area contributed by atoms with Gasteiger partial charge in [-0.1, -0.05) is 23.7 Å². The Labute approximate surface area is 208 Å². The van der Waals surface area contributed by atoms with E-state index in [-0.39, 0.29) is 17.9 Å². The lowest BCUT2D eigenvalue weighted by atomic mass is 9.93. The number of ether oxygens (including phenoxy) is 1. The number of carbonyl (C=O) groups excluding carboxylic acids is 1. The quantitative estimate of drug-likeness (QED) is 0.419. The molecule has 0 radical (unpaired) electrons. The van der Waals surface area contributed by atoms with E-state index in [0.29, 0.717) is 30.3 Å². The van der Waals surface area contributed by atoms with Gasteiger partial charge in [-0.05, 0) is 55.2 Å². The molecular weight excluding hydrogens is 464 g/mol. The van der Waals surface area contributed by atoms with Gasteiger partial charge in [-0.15, -0.1) is 0 Å². The van der Waals surface area contributed by atoms with E-state index in [4.69, 9.17) is 22.1 Å². The van der Waals surface area contributed by atoms with Gasteiger partial charge in [0.05, 0.1) is 35.7 Å². The first kappa shape index (κ1) is 23.3. The molecule has 0 spiro atoms. The molecule has 3 heterocycles. The summed E-state index contributed by atoms with van der Waals surface area (Å²) in [5.41, 5.74) is 10.9. The predicted octanol–water partition coefficient (Wildman–Crippen LogP) is 4.74. The first-order chi connectivity index (χ1) is 17.0. The van der Waals surface area contributed by atoms with Crippen LogP contribution in [-0.4, -0.2) is 50.6 Å². The molecular formula is C26H27ClN6O2. The van der Waals surface area contributed by atoms with Crippen LogP contribution in [0.1, 0.15) is 41.4 Å². The monoisotopic (exact) mass is 490 g/mol. The van der Waals surface area contributed by atoms with Crippen molar-refractivity contribution in [1.82, 2.24) is 24.4 Å². The number of hydrogen-bond donors (Lipinski definition) is 1. The van der Waals surface area contributed by atoms with Gasteiger partial charge in [0, 0.05) is 42.5 Å². The van der Waals surface area contributed by atoms with Gasteiger partial charge < -0.3 is 19.9 Å². The fourth-order valence-electron chi connectivity index (χ4n) is 4.70. The molecule has 8 nitrogen and oxygen atoms in total. The fourth-order valence-corrected chi connectivity index (χ4v) is 4.83. The standard InChI is InChI=1S/C26H27ClN6O2/c1-35-13-12-32-16-30-21-14-18(7-10-22(21)32)25(34)33-11-3-2-4-23(33)24-20(15-29-26(28)31-24)17-5-8-19(27)9-6-17/h5-10,14-16,23H,2-4,11-13H2,1H3,(H2,28,29,31)/t23-/m0/s1. The number of imidazole rings is 1. The maximum absolute atomic E-state index is 13.8. The minimum atomic E-state index is -0.206. The highest BCUT2D eigenvalue weighted by atomic mass is 35.5. The number of aromatic nitrogens is 4. The van der Waals surface area contributed by atoms with E-state index in [1.54, 1.807) is 19.6 Å². The van der Waals surface area contributed by atoms with E-state index in [9.17, 15) is 4.79 Å². The number of nitrogens with zero attached hydrogens (tertiary/aromatic N) is 5. The maximum Gasteiger partial charge on any atom is 0.254 e. The number of carbonyl (C=O) groups is 1. The van der Waals surface area contributed by atoms with Gasteiger partial charge in [-0.25, -0.2) is 15.0 Å². The first-order valence-electron chi connectivity index (χ1n) is 11.7. The summed E-state index contributed by atoms with van der Waals surface area (Å²) in [5.74, 6) is 0.154. The summed E-state index contributed by atoms with van der Waals surface area (Å²) in [6, 6.07) is 13.0. The number of likely N-dealkylation sites (tertiary alicyclic amines) is 1. The lowest BCUT2D eigenvalue weighted by Gasteiger charge is -2.36. The number of rotatable bonds is 6. The molecule has 2 N–H and O–H groups in total. The predicted molar refractivity (Wildman–Crippen MR) is 136 cm³/mol. The zero-order valence-corrected chi connectivity index (χ0v) is 20.3. The van der Waals surface area contributed by atoms with E-state index in [1.807, 2.05) is 51.9 Å². The SMILES string of the molecule is COCCn1cnc2cc(C(=O)N3CCCC[C@H]3c3nc(N)ncc3-c3ccc(Cl)cc3)ccc21. The van der Waals surface area contributed by atoms with Crippen LogP contribution in [0.5, 0.6) is 0 Å². The Morgan fingerprint density at radius 2 is 2.00 bits per heavy atom. The van der Waals surface area contributed by atoms with Crippen LogP contribution in [0.25, 0.3) is 22.2 Å². The Morgan fingerprint density at radius 3 is 2.80 bits per heavy atom. The van der Waals surface area contributed by atoms with E-state index in [1.165, 1.54) is 0 Å². The van der Waals surface area contributed by atoms with Crippen molar-refractivity contribution in [3.05, 3.63) is 71.3 Å². The summed E-state index contributed by atoms with van der Waals surface area (Å²) in [5, 5.41) is 0.654. The molecule has 9 heteroatoms. The first-order valence-corrected chi connectivity index (χ1v) is 12.1. The number of anilines is 1. The van der Waals surface area contributed by atoms with Crippen molar-refractivity contribution < 1.29 is 9.53 Å². The second-order valence-electron chi connectivity index (χ2n) is 8.68. The number of nitrogen functional groups attached to an aromatic ring is 1. The van der Waals surface area contributed by atoms with E-state index in [0.717, 1.165) is 47.1 Å². The highest BCUT2D eigenvalue weighted by Crippen LogP contribution is 2.37. The zero-order chi connectivity index (χ0) is 24.4. The Morgan fingerprint density at radius 1 is 1.17 bits per heavy atom. The molecule has 0 unspecified atom stereocenters. The lowest BCUT2D eigenvalue weighted by molar-refractivity contribution is 0.0607. The summed E-state index contributed by atoms with van der Waals surface area (Å²) >= 11 is 6.10. The van der Waals surface area contributed by atoms with Crippen LogP contribution >= 0.6 is 11.6 Å². The van der Waals surface area contributed by atoms with E-state index >= 15 is 0 Å². The molecule has 1 atom stereocenters. The number of benzene rings is 2. The Balaban J connectivity index is 1.49. The van der Waals surface area contributed by atoms with Crippen molar-refractivity contribution in [2.24, 2.45) is 0 Å². The second kappa shape index (κ2) is 10.0. The van der Waals surface area contributed by atoms with Gasteiger partial charge in [0.25, 0.3) is 5.91 Å². The minimum Gasteiger partial charge on any atom is -0.383 e. The summed E-state index contributed by atoms with van der Waals surface area (Å²) in [6.45, 7) is 1.95. The third-order valence-electron chi connectivity index (χ3n) is 6.48. The molecule has 35 heavy (non-hydrogen) atoms. The number of nitrogens with two attached hydrogens (primary N) is 1. The van der Waals surface area contributed by atoms with Gasteiger partial charge in [0.15, 0.2) is 0 Å². The zero-order valence-electron chi connectivity index (χ0n) is 19.5. The summed E-state index contributed by atoms with van der Waals surface area (Å²) in [6.07, 6.45) is 6.26. The van der Waals surface area contributed by atoms with Crippen LogP contribution < -0.4 is 5.73 Å². The molecule has 0 saturated carbocycles. The minimum absolute atomic E-state index is 0.0396. The smallest absolute Gasteiger partial charge is 0.254 e. The molecule has 5 rings (SSSR count). The number of halogens is 1. The van der Waals surface area contributed by atoms with Crippen LogP contribution in [0.2, 0.25) is 5.02 Å². The fraction of sp³-hybridized carbons (Fsp3) is 0.308. The number of amides is 1. The molecule has 2 aromatic heterocycles. The van der Waals surface area contributed by atoms with Crippen LogP contribution in [0.4, 0.5) is 5.95 Å². The van der Waals surface area contributed by atoms with Gasteiger partial charge in [-0.2, -0.15) is 0 Å². The molecule has 1 aliphatic heterocycles. The van der Waals surface area contributed by atoms with Crippen LogP contribution in [-0.2, 0) is 11.3 Å². The highest BCUT2D eigenvalue weighted by Gasteiger charge is 2.32. The summed E-state index contributed by atoms with van der Waals surface area (Å²) < 4.78 is 7.21.